The van der Waals surface area contributed by atoms with Crippen molar-refractivity contribution in [2.75, 3.05) is 28.4 Å². The zero-order valence-electron chi connectivity index (χ0n) is 26.3. The SMILES string of the molecule is CO/N=C/C1(C(=O)OC)CC(/C=N/OC)(C(=O)OC(C)(C)C)N(C(=O)c2ccc(C(C)(C)C)c(OC)c2)C1c1nccs1. The predicted molar refractivity (Wildman–Crippen MR) is 161 cm³/mol. The maximum Gasteiger partial charge on any atom is 0.338 e. The predicted octanol–water partition coefficient (Wildman–Crippen LogP) is 4.54. The van der Waals surface area contributed by atoms with Gasteiger partial charge in [0.25, 0.3) is 5.91 Å². The molecule has 13 heteroatoms. The van der Waals surface area contributed by atoms with Crippen molar-refractivity contribution in [1.29, 1.82) is 0 Å². The molecule has 1 aliphatic heterocycles. The number of amides is 1. The molecule has 3 rings (SSSR count). The molecule has 1 aliphatic rings. The lowest BCUT2D eigenvalue weighted by molar-refractivity contribution is -0.163. The number of carbonyl (C=O) groups excluding carboxylic acids is 3. The van der Waals surface area contributed by atoms with Gasteiger partial charge in [-0.15, -0.1) is 11.3 Å². The van der Waals surface area contributed by atoms with E-state index in [1.54, 1.807) is 44.4 Å². The highest BCUT2D eigenvalue weighted by atomic mass is 32.1. The van der Waals surface area contributed by atoms with Crippen molar-refractivity contribution in [3.8, 4) is 5.75 Å². The van der Waals surface area contributed by atoms with Crippen LogP contribution in [0, 0.1) is 5.41 Å². The van der Waals surface area contributed by atoms with Gasteiger partial charge in [0.1, 0.15) is 42.0 Å². The molecule has 0 N–H and O–H groups in total. The van der Waals surface area contributed by atoms with Crippen LogP contribution in [0.4, 0.5) is 0 Å². The Morgan fingerprint density at radius 3 is 2.16 bits per heavy atom. The van der Waals surface area contributed by atoms with Crippen LogP contribution in [0.1, 0.15) is 74.9 Å². The Hall–Kier alpha value is -4.00. The van der Waals surface area contributed by atoms with E-state index >= 15 is 0 Å². The van der Waals surface area contributed by atoms with E-state index in [-0.39, 0.29) is 17.4 Å². The number of methoxy groups -OCH3 is 2. The minimum absolute atomic E-state index is 0.189. The Balaban J connectivity index is 2.46. The summed E-state index contributed by atoms with van der Waals surface area (Å²) in [5.74, 6) is -1.75. The normalized spacial score (nSPS) is 22.6. The van der Waals surface area contributed by atoms with Gasteiger partial charge < -0.3 is 28.8 Å². The van der Waals surface area contributed by atoms with E-state index < -0.39 is 40.4 Å². The molecule has 0 spiro atoms. The van der Waals surface area contributed by atoms with Crippen LogP contribution in [0.25, 0.3) is 0 Å². The highest BCUT2D eigenvalue weighted by Gasteiger charge is 2.70. The number of hydrogen-bond acceptors (Lipinski definition) is 12. The van der Waals surface area contributed by atoms with E-state index in [1.807, 2.05) is 20.8 Å². The molecule has 1 saturated heterocycles. The first-order valence-electron chi connectivity index (χ1n) is 13.5. The van der Waals surface area contributed by atoms with Crippen molar-refractivity contribution in [2.24, 2.45) is 15.7 Å². The lowest BCUT2D eigenvalue weighted by Gasteiger charge is -2.38. The molecule has 43 heavy (non-hydrogen) atoms. The molecule has 1 amide bonds. The van der Waals surface area contributed by atoms with Crippen LogP contribution >= 0.6 is 11.3 Å². The van der Waals surface area contributed by atoms with Gasteiger partial charge in [0.05, 0.1) is 26.6 Å². The van der Waals surface area contributed by atoms with Gasteiger partial charge in [-0.25, -0.2) is 9.78 Å². The summed E-state index contributed by atoms with van der Waals surface area (Å²) in [5, 5.41) is 9.92. The van der Waals surface area contributed by atoms with Gasteiger partial charge >= 0.3 is 11.9 Å². The molecule has 0 radical (unpaired) electrons. The number of aromatic nitrogens is 1. The summed E-state index contributed by atoms with van der Waals surface area (Å²) in [6.07, 6.45) is 3.58. The van der Waals surface area contributed by atoms with Crippen LogP contribution in [0.2, 0.25) is 0 Å². The number of carbonyl (C=O) groups is 3. The molecule has 0 aliphatic carbocycles. The van der Waals surface area contributed by atoms with Gasteiger partial charge in [0, 0.05) is 23.6 Å². The number of likely N-dealkylation sites (tertiary alicyclic amines) is 1. The fourth-order valence-corrected chi connectivity index (χ4v) is 6.02. The Morgan fingerprint density at radius 2 is 1.65 bits per heavy atom. The number of esters is 2. The van der Waals surface area contributed by atoms with Crippen molar-refractivity contribution in [3.63, 3.8) is 0 Å². The standard InChI is InChI=1S/C30H40N4O8S/c1-27(2,3)20-12-11-19(15-21(20)38-7)24(35)34-22(23-31-13-14-43-23)29(17-32-40-9,25(36)39-8)16-30(34,18-33-41-10)26(37)42-28(4,5)6/h11-15,17-18,22H,16H2,1-10H3/b32-17+,33-18+. The summed E-state index contributed by atoms with van der Waals surface area (Å²) in [6, 6.07) is 3.87. The van der Waals surface area contributed by atoms with Crippen molar-refractivity contribution >= 4 is 41.6 Å². The molecule has 2 aromatic rings. The molecule has 1 aromatic carbocycles. The molecular formula is C30H40N4O8S. The average Bonchev–Trinajstić information content (AvgIpc) is 3.57. The second kappa shape index (κ2) is 12.7. The highest BCUT2D eigenvalue weighted by molar-refractivity contribution is 7.09. The van der Waals surface area contributed by atoms with E-state index in [4.69, 9.17) is 23.9 Å². The number of thiazole rings is 1. The van der Waals surface area contributed by atoms with Crippen LogP contribution in [-0.2, 0) is 34.2 Å². The van der Waals surface area contributed by atoms with E-state index in [0.29, 0.717) is 10.8 Å². The Morgan fingerprint density at radius 1 is 1.00 bits per heavy atom. The van der Waals surface area contributed by atoms with Crippen molar-refractivity contribution in [2.45, 2.75) is 70.6 Å². The van der Waals surface area contributed by atoms with Crippen LogP contribution in [0.5, 0.6) is 5.75 Å². The molecule has 0 saturated carbocycles. The Kier molecular flexibility index (Phi) is 9.90. The van der Waals surface area contributed by atoms with Crippen molar-refractivity contribution in [1.82, 2.24) is 9.88 Å². The van der Waals surface area contributed by atoms with Crippen LogP contribution in [0.15, 0.2) is 40.1 Å². The van der Waals surface area contributed by atoms with Crippen LogP contribution < -0.4 is 4.74 Å². The number of oxime groups is 2. The van der Waals surface area contributed by atoms with Gasteiger partial charge in [-0.2, -0.15) is 0 Å². The number of hydrogen-bond donors (Lipinski definition) is 0. The minimum atomic E-state index is -1.99. The zero-order chi connectivity index (χ0) is 32.2. The molecule has 12 nitrogen and oxygen atoms in total. The Bertz CT molecular complexity index is 1380. The third kappa shape index (κ3) is 6.51. The average molecular weight is 617 g/mol. The van der Waals surface area contributed by atoms with Gasteiger partial charge in [-0.05, 0) is 43.9 Å². The summed E-state index contributed by atoms with van der Waals surface area (Å²) >= 11 is 1.20. The number of ether oxygens (including phenoxy) is 3. The van der Waals surface area contributed by atoms with E-state index in [9.17, 15) is 14.4 Å². The lowest BCUT2D eigenvalue weighted by Crippen LogP contribution is -2.57. The zero-order valence-corrected chi connectivity index (χ0v) is 27.1. The number of nitrogens with zero attached hydrogens (tertiary/aromatic N) is 4. The second-order valence-electron chi connectivity index (χ2n) is 12.1. The van der Waals surface area contributed by atoms with Crippen molar-refractivity contribution < 1.29 is 38.3 Å². The molecule has 234 valence electrons. The molecule has 1 aromatic heterocycles. The van der Waals surface area contributed by atoms with Gasteiger partial charge in [0.15, 0.2) is 5.54 Å². The molecule has 3 unspecified atom stereocenters. The number of rotatable bonds is 9. The second-order valence-corrected chi connectivity index (χ2v) is 13.0. The largest absolute Gasteiger partial charge is 0.496 e. The van der Waals surface area contributed by atoms with Crippen LogP contribution in [0.3, 0.4) is 0 Å². The van der Waals surface area contributed by atoms with Gasteiger partial charge in [-0.3, -0.25) is 9.59 Å². The highest BCUT2D eigenvalue weighted by Crippen LogP contribution is 2.56. The first kappa shape index (κ1) is 33.5. The molecular weight excluding hydrogens is 576 g/mol. The maximum atomic E-state index is 14.8. The molecule has 0 bridgehead atoms. The summed E-state index contributed by atoms with van der Waals surface area (Å²) in [5.41, 5.74) is -3.93. The summed E-state index contributed by atoms with van der Waals surface area (Å²) in [7, 11) is 5.35. The lowest BCUT2D eigenvalue weighted by atomic mass is 9.77. The monoisotopic (exact) mass is 616 g/mol. The van der Waals surface area contributed by atoms with Crippen molar-refractivity contribution in [3.05, 3.63) is 45.9 Å². The maximum absolute atomic E-state index is 14.8. The fraction of sp³-hybridized carbons (Fsp3) is 0.533. The molecule has 1 fully saturated rings. The number of benzene rings is 1. The minimum Gasteiger partial charge on any atom is -0.496 e. The van der Waals surface area contributed by atoms with Gasteiger partial charge in [0.2, 0.25) is 0 Å². The smallest absolute Gasteiger partial charge is 0.338 e. The third-order valence-electron chi connectivity index (χ3n) is 6.98. The van der Waals surface area contributed by atoms with E-state index in [0.717, 1.165) is 5.56 Å². The quantitative estimate of drug-likeness (QED) is 0.226. The third-order valence-corrected chi connectivity index (χ3v) is 7.80. The molecule has 3 atom stereocenters. The van der Waals surface area contributed by atoms with Crippen LogP contribution in [-0.4, -0.2) is 79.7 Å². The summed E-state index contributed by atoms with van der Waals surface area (Å²) < 4.78 is 16.8. The summed E-state index contributed by atoms with van der Waals surface area (Å²) in [4.78, 5) is 58.6. The van der Waals surface area contributed by atoms with E-state index in [2.05, 4.69) is 15.3 Å². The fourth-order valence-electron chi connectivity index (χ4n) is 5.20. The first-order chi connectivity index (χ1) is 20.1. The molecule has 2 heterocycles. The Labute approximate surface area is 256 Å². The first-order valence-corrected chi connectivity index (χ1v) is 14.4. The van der Waals surface area contributed by atoms with E-state index in [1.165, 1.54) is 63.3 Å². The van der Waals surface area contributed by atoms with Gasteiger partial charge in [-0.1, -0.05) is 37.1 Å². The topological polar surface area (TPSA) is 138 Å². The summed E-state index contributed by atoms with van der Waals surface area (Å²) in [6.45, 7) is 11.2.